The largest absolute Gasteiger partial charge is 0.353 e. The SMILES string of the molecule is CC(C)CCC(C)NC(=O)CN(CC1CCCN1)C(C)C. The van der Waals surface area contributed by atoms with Crippen molar-refractivity contribution in [3.63, 3.8) is 0 Å². The second-order valence-corrected chi connectivity index (χ2v) is 7.26. The Morgan fingerprint density at radius 3 is 2.48 bits per heavy atom. The lowest BCUT2D eigenvalue weighted by Gasteiger charge is -2.29. The number of nitrogens with one attached hydrogen (secondary N) is 2. The molecule has 0 bridgehead atoms. The molecule has 0 radical (unpaired) electrons. The molecule has 0 aliphatic carbocycles. The molecule has 0 aromatic rings. The Balaban J connectivity index is 2.33. The lowest BCUT2D eigenvalue weighted by atomic mass is 10.0. The second kappa shape index (κ2) is 9.42. The molecular weight excluding hydrogens is 262 g/mol. The zero-order valence-electron chi connectivity index (χ0n) is 14.6. The third-order valence-corrected chi connectivity index (χ3v) is 4.28. The first kappa shape index (κ1) is 18.4. The fourth-order valence-electron chi connectivity index (χ4n) is 2.81. The smallest absolute Gasteiger partial charge is 0.234 e. The van der Waals surface area contributed by atoms with E-state index in [0.29, 0.717) is 24.5 Å². The van der Waals surface area contributed by atoms with E-state index in [4.69, 9.17) is 0 Å². The van der Waals surface area contributed by atoms with Crippen molar-refractivity contribution in [1.82, 2.24) is 15.5 Å². The maximum Gasteiger partial charge on any atom is 0.234 e. The Morgan fingerprint density at radius 2 is 1.95 bits per heavy atom. The summed E-state index contributed by atoms with van der Waals surface area (Å²) in [7, 11) is 0. The van der Waals surface area contributed by atoms with Crippen molar-refractivity contribution < 1.29 is 4.79 Å². The average Bonchev–Trinajstić information content (AvgIpc) is 2.88. The molecule has 4 nitrogen and oxygen atoms in total. The van der Waals surface area contributed by atoms with Crippen molar-refractivity contribution in [3.8, 4) is 0 Å². The standard InChI is InChI=1S/C17H35N3O/c1-13(2)8-9-15(5)19-17(21)12-20(14(3)4)11-16-7-6-10-18-16/h13-16,18H,6-12H2,1-5H3,(H,19,21). The van der Waals surface area contributed by atoms with Crippen molar-refractivity contribution in [2.45, 2.75) is 78.4 Å². The molecule has 0 aromatic carbocycles. The van der Waals surface area contributed by atoms with Gasteiger partial charge >= 0.3 is 0 Å². The van der Waals surface area contributed by atoms with Crippen LogP contribution >= 0.6 is 0 Å². The summed E-state index contributed by atoms with van der Waals surface area (Å²) in [5, 5.41) is 6.66. The summed E-state index contributed by atoms with van der Waals surface area (Å²) in [5.74, 6) is 0.864. The van der Waals surface area contributed by atoms with Crippen molar-refractivity contribution in [2.24, 2.45) is 5.92 Å². The molecule has 2 atom stereocenters. The Kier molecular flexibility index (Phi) is 8.27. The summed E-state index contributed by atoms with van der Waals surface area (Å²) in [6.45, 7) is 13.5. The minimum Gasteiger partial charge on any atom is -0.353 e. The van der Waals surface area contributed by atoms with Gasteiger partial charge in [-0.1, -0.05) is 13.8 Å². The van der Waals surface area contributed by atoms with Gasteiger partial charge < -0.3 is 10.6 Å². The third kappa shape index (κ3) is 7.82. The molecule has 1 aliphatic heterocycles. The van der Waals surface area contributed by atoms with Gasteiger partial charge in [0.25, 0.3) is 0 Å². The number of amides is 1. The third-order valence-electron chi connectivity index (χ3n) is 4.28. The summed E-state index contributed by atoms with van der Waals surface area (Å²) in [5.41, 5.74) is 0. The van der Waals surface area contributed by atoms with Gasteiger partial charge in [0.05, 0.1) is 6.54 Å². The average molecular weight is 297 g/mol. The van der Waals surface area contributed by atoms with Gasteiger partial charge in [0.2, 0.25) is 5.91 Å². The predicted molar refractivity (Wildman–Crippen MR) is 89.4 cm³/mol. The zero-order chi connectivity index (χ0) is 15.8. The highest BCUT2D eigenvalue weighted by Gasteiger charge is 2.21. The van der Waals surface area contributed by atoms with Gasteiger partial charge in [-0.25, -0.2) is 0 Å². The lowest BCUT2D eigenvalue weighted by molar-refractivity contribution is -0.123. The first-order chi connectivity index (χ1) is 9.88. The monoisotopic (exact) mass is 297 g/mol. The molecule has 2 unspecified atom stereocenters. The molecule has 1 fully saturated rings. The maximum absolute atomic E-state index is 12.2. The number of carbonyl (C=O) groups is 1. The topological polar surface area (TPSA) is 44.4 Å². The van der Waals surface area contributed by atoms with Crippen molar-refractivity contribution in [1.29, 1.82) is 0 Å². The highest BCUT2D eigenvalue weighted by atomic mass is 16.2. The number of nitrogens with zero attached hydrogens (tertiary/aromatic N) is 1. The van der Waals surface area contributed by atoms with E-state index in [9.17, 15) is 4.79 Å². The van der Waals surface area contributed by atoms with Gasteiger partial charge in [0.15, 0.2) is 0 Å². The summed E-state index contributed by atoms with van der Waals surface area (Å²) < 4.78 is 0. The molecule has 21 heavy (non-hydrogen) atoms. The molecule has 2 N–H and O–H groups in total. The van der Waals surface area contributed by atoms with Crippen LogP contribution in [0.2, 0.25) is 0 Å². The maximum atomic E-state index is 12.2. The van der Waals surface area contributed by atoms with Gasteiger partial charge in [0.1, 0.15) is 0 Å². The van der Waals surface area contributed by atoms with Crippen LogP contribution in [0.15, 0.2) is 0 Å². The highest BCUT2D eigenvalue weighted by Crippen LogP contribution is 2.10. The van der Waals surface area contributed by atoms with E-state index in [0.717, 1.165) is 19.5 Å². The fraction of sp³-hybridized carbons (Fsp3) is 0.941. The van der Waals surface area contributed by atoms with E-state index < -0.39 is 0 Å². The van der Waals surface area contributed by atoms with E-state index in [1.54, 1.807) is 0 Å². The molecule has 1 saturated heterocycles. The van der Waals surface area contributed by atoms with Gasteiger partial charge in [-0.05, 0) is 58.9 Å². The molecule has 0 saturated carbocycles. The predicted octanol–water partition coefficient (Wildman–Crippen LogP) is 2.39. The zero-order valence-corrected chi connectivity index (χ0v) is 14.6. The van der Waals surface area contributed by atoms with Crippen LogP contribution in [0.5, 0.6) is 0 Å². The van der Waals surface area contributed by atoms with E-state index in [1.807, 2.05) is 0 Å². The van der Waals surface area contributed by atoms with E-state index in [-0.39, 0.29) is 11.9 Å². The van der Waals surface area contributed by atoms with E-state index >= 15 is 0 Å². The number of hydrogen-bond acceptors (Lipinski definition) is 3. The minimum atomic E-state index is 0.165. The highest BCUT2D eigenvalue weighted by molar-refractivity contribution is 5.78. The first-order valence-electron chi connectivity index (χ1n) is 8.65. The summed E-state index contributed by atoms with van der Waals surface area (Å²) >= 11 is 0. The van der Waals surface area contributed by atoms with E-state index in [2.05, 4.69) is 50.2 Å². The van der Waals surface area contributed by atoms with E-state index in [1.165, 1.54) is 19.3 Å². The molecule has 1 amide bonds. The summed E-state index contributed by atoms with van der Waals surface area (Å²) in [6.07, 6.45) is 4.72. The molecule has 1 heterocycles. The molecule has 1 aliphatic rings. The Hall–Kier alpha value is -0.610. The molecule has 0 spiro atoms. The van der Waals surface area contributed by atoms with Gasteiger partial charge in [-0.3, -0.25) is 9.69 Å². The summed E-state index contributed by atoms with van der Waals surface area (Å²) in [4.78, 5) is 14.5. The Labute approximate surface area is 131 Å². The molecule has 124 valence electrons. The van der Waals surface area contributed by atoms with Gasteiger partial charge in [0, 0.05) is 24.7 Å². The number of hydrogen-bond donors (Lipinski definition) is 2. The van der Waals surface area contributed by atoms with Crippen LogP contribution in [0.25, 0.3) is 0 Å². The van der Waals surface area contributed by atoms with Crippen molar-refractivity contribution in [2.75, 3.05) is 19.6 Å². The van der Waals surface area contributed by atoms with Gasteiger partial charge in [-0.2, -0.15) is 0 Å². The van der Waals surface area contributed by atoms with Crippen LogP contribution in [-0.2, 0) is 4.79 Å². The molecule has 1 rings (SSSR count). The molecule has 4 heteroatoms. The number of carbonyl (C=O) groups excluding carboxylic acids is 1. The van der Waals surface area contributed by atoms with Gasteiger partial charge in [-0.15, -0.1) is 0 Å². The summed E-state index contributed by atoms with van der Waals surface area (Å²) in [6, 6.07) is 1.24. The normalized spacial score (nSPS) is 20.5. The van der Waals surface area contributed by atoms with Crippen molar-refractivity contribution >= 4 is 5.91 Å². The number of rotatable bonds is 9. The Morgan fingerprint density at radius 1 is 1.24 bits per heavy atom. The Bertz CT molecular complexity index is 298. The van der Waals surface area contributed by atoms with Crippen LogP contribution in [-0.4, -0.2) is 48.6 Å². The van der Waals surface area contributed by atoms with Crippen LogP contribution in [0.4, 0.5) is 0 Å². The first-order valence-corrected chi connectivity index (χ1v) is 8.65. The quantitative estimate of drug-likeness (QED) is 0.687. The van der Waals surface area contributed by atoms with Crippen LogP contribution in [0.1, 0.15) is 60.3 Å². The fourth-order valence-corrected chi connectivity index (χ4v) is 2.81. The lowest BCUT2D eigenvalue weighted by Crippen LogP contribution is -2.47. The van der Waals surface area contributed by atoms with Crippen LogP contribution in [0.3, 0.4) is 0 Å². The second-order valence-electron chi connectivity index (χ2n) is 7.26. The van der Waals surface area contributed by atoms with Crippen LogP contribution in [0, 0.1) is 5.92 Å². The minimum absolute atomic E-state index is 0.165. The van der Waals surface area contributed by atoms with Crippen LogP contribution < -0.4 is 10.6 Å². The molecule has 0 aromatic heterocycles. The molecular formula is C17H35N3O. The van der Waals surface area contributed by atoms with Crippen molar-refractivity contribution in [3.05, 3.63) is 0 Å².